The Balaban J connectivity index is 2.41. The van der Waals surface area contributed by atoms with Gasteiger partial charge in [0.2, 0.25) is 5.91 Å². The maximum absolute atomic E-state index is 11.9. The predicted octanol–water partition coefficient (Wildman–Crippen LogP) is 1.73. The lowest BCUT2D eigenvalue weighted by Gasteiger charge is -2.26. The van der Waals surface area contributed by atoms with E-state index in [9.17, 15) is 4.79 Å². The van der Waals surface area contributed by atoms with Crippen LogP contribution in [0.25, 0.3) is 0 Å². The van der Waals surface area contributed by atoms with Crippen LogP contribution >= 0.6 is 0 Å². The number of benzene rings is 1. The third-order valence-corrected chi connectivity index (χ3v) is 3.00. The topological polar surface area (TPSA) is 52.9 Å². The predicted molar refractivity (Wildman–Crippen MR) is 68.1 cm³/mol. The van der Waals surface area contributed by atoms with Crippen LogP contribution in [-0.4, -0.2) is 30.4 Å². The Morgan fingerprint density at radius 1 is 1.41 bits per heavy atom. The summed E-state index contributed by atoms with van der Waals surface area (Å²) in [6, 6.07) is 3.97. The standard InChI is InChI=1S/C13H16N2O2/c1-9-7-11-12(8-10(9)2)15(5-4-14-11)13(17)3-6-16/h4,7-8,16H,3,5-6H2,1-2H3. The van der Waals surface area contributed by atoms with E-state index in [1.54, 1.807) is 11.1 Å². The number of rotatable bonds is 2. The molecule has 90 valence electrons. The summed E-state index contributed by atoms with van der Waals surface area (Å²) < 4.78 is 0. The molecule has 2 rings (SSSR count). The monoisotopic (exact) mass is 232 g/mol. The third kappa shape index (κ3) is 2.22. The highest BCUT2D eigenvalue weighted by Crippen LogP contribution is 2.33. The summed E-state index contributed by atoms with van der Waals surface area (Å²) in [5.41, 5.74) is 3.97. The molecule has 1 aromatic carbocycles. The molecule has 1 aliphatic heterocycles. The number of hydrogen-bond donors (Lipinski definition) is 1. The van der Waals surface area contributed by atoms with Gasteiger partial charge in [-0.25, -0.2) is 0 Å². The van der Waals surface area contributed by atoms with Gasteiger partial charge in [0.05, 0.1) is 30.9 Å². The smallest absolute Gasteiger partial charge is 0.229 e. The van der Waals surface area contributed by atoms with Crippen LogP contribution in [0.4, 0.5) is 11.4 Å². The van der Waals surface area contributed by atoms with E-state index >= 15 is 0 Å². The number of aliphatic hydroxyl groups excluding tert-OH is 1. The van der Waals surface area contributed by atoms with Crippen LogP contribution in [0.15, 0.2) is 17.1 Å². The first-order valence-corrected chi connectivity index (χ1v) is 5.68. The Hall–Kier alpha value is -1.68. The number of fused-ring (bicyclic) bond motifs is 1. The average molecular weight is 232 g/mol. The van der Waals surface area contributed by atoms with Crippen LogP contribution in [0.2, 0.25) is 0 Å². The Morgan fingerprint density at radius 2 is 2.12 bits per heavy atom. The number of carbonyl (C=O) groups is 1. The minimum atomic E-state index is -0.118. The first-order valence-electron chi connectivity index (χ1n) is 5.68. The number of carbonyl (C=O) groups excluding carboxylic acids is 1. The zero-order chi connectivity index (χ0) is 12.4. The van der Waals surface area contributed by atoms with E-state index in [4.69, 9.17) is 5.11 Å². The van der Waals surface area contributed by atoms with Crippen LogP contribution in [-0.2, 0) is 4.79 Å². The first kappa shape index (κ1) is 11.8. The Bertz CT molecular complexity index is 481. The molecule has 1 aliphatic rings. The van der Waals surface area contributed by atoms with E-state index in [0.29, 0.717) is 6.54 Å². The molecule has 4 heteroatoms. The summed E-state index contributed by atoms with van der Waals surface area (Å²) in [6.07, 6.45) is 1.88. The van der Waals surface area contributed by atoms with Crippen LogP contribution in [0.3, 0.4) is 0 Å². The summed E-state index contributed by atoms with van der Waals surface area (Å²) >= 11 is 0. The molecule has 0 bridgehead atoms. The van der Waals surface area contributed by atoms with Crippen molar-refractivity contribution in [3.05, 3.63) is 23.3 Å². The minimum Gasteiger partial charge on any atom is -0.396 e. The highest BCUT2D eigenvalue weighted by molar-refractivity contribution is 6.01. The SMILES string of the molecule is Cc1cc2c(cc1C)N(C(=O)CCO)CC=N2. The highest BCUT2D eigenvalue weighted by Gasteiger charge is 2.20. The molecule has 0 saturated heterocycles. The van der Waals surface area contributed by atoms with Crippen molar-refractivity contribution in [1.29, 1.82) is 0 Å². The van der Waals surface area contributed by atoms with Gasteiger partial charge in [0, 0.05) is 6.21 Å². The van der Waals surface area contributed by atoms with Crippen LogP contribution in [0.5, 0.6) is 0 Å². The third-order valence-electron chi connectivity index (χ3n) is 3.00. The second-order valence-corrected chi connectivity index (χ2v) is 4.21. The summed E-state index contributed by atoms with van der Waals surface area (Å²) in [7, 11) is 0. The lowest BCUT2D eigenvalue weighted by Crippen LogP contribution is -2.34. The van der Waals surface area contributed by atoms with Gasteiger partial charge in [-0.3, -0.25) is 9.79 Å². The van der Waals surface area contributed by atoms with Gasteiger partial charge in [0.1, 0.15) is 0 Å². The Morgan fingerprint density at radius 3 is 2.82 bits per heavy atom. The van der Waals surface area contributed by atoms with E-state index < -0.39 is 0 Å². The summed E-state index contributed by atoms with van der Waals surface area (Å²) in [5, 5.41) is 8.83. The highest BCUT2D eigenvalue weighted by atomic mass is 16.3. The van der Waals surface area contributed by atoms with Crippen LogP contribution < -0.4 is 4.90 Å². The molecular formula is C13H16N2O2. The van der Waals surface area contributed by atoms with E-state index in [1.807, 2.05) is 26.0 Å². The van der Waals surface area contributed by atoms with Gasteiger partial charge in [-0.1, -0.05) is 0 Å². The first-order chi connectivity index (χ1) is 8.13. The van der Waals surface area contributed by atoms with Crippen LogP contribution in [0, 0.1) is 13.8 Å². The minimum absolute atomic E-state index is 0.0665. The van der Waals surface area contributed by atoms with E-state index in [0.717, 1.165) is 22.5 Å². The number of aliphatic hydroxyl groups is 1. The maximum atomic E-state index is 11.9. The molecule has 1 heterocycles. The summed E-state index contributed by atoms with van der Waals surface area (Å²) in [6.45, 7) is 4.41. The van der Waals surface area contributed by atoms with Crippen molar-refractivity contribution in [1.82, 2.24) is 0 Å². The Labute approximate surface area is 101 Å². The molecule has 0 radical (unpaired) electrons. The van der Waals surface area contributed by atoms with Crippen molar-refractivity contribution in [2.75, 3.05) is 18.1 Å². The second kappa shape index (κ2) is 4.67. The average Bonchev–Trinajstić information content (AvgIpc) is 2.30. The fourth-order valence-corrected chi connectivity index (χ4v) is 1.89. The lowest BCUT2D eigenvalue weighted by atomic mass is 10.1. The molecule has 1 aromatic rings. The van der Waals surface area contributed by atoms with Gasteiger partial charge in [0.25, 0.3) is 0 Å². The van der Waals surface area contributed by atoms with Crippen molar-refractivity contribution >= 4 is 23.5 Å². The maximum Gasteiger partial charge on any atom is 0.229 e. The van der Waals surface area contributed by atoms with E-state index in [1.165, 1.54) is 0 Å². The molecule has 4 nitrogen and oxygen atoms in total. The van der Waals surface area contributed by atoms with E-state index in [2.05, 4.69) is 4.99 Å². The van der Waals surface area contributed by atoms with Gasteiger partial charge in [-0.2, -0.15) is 0 Å². The largest absolute Gasteiger partial charge is 0.396 e. The van der Waals surface area contributed by atoms with E-state index in [-0.39, 0.29) is 18.9 Å². The second-order valence-electron chi connectivity index (χ2n) is 4.21. The molecule has 0 aliphatic carbocycles. The number of amides is 1. The summed E-state index contributed by atoms with van der Waals surface area (Å²) in [4.78, 5) is 17.8. The van der Waals surface area contributed by atoms with Gasteiger partial charge in [0.15, 0.2) is 0 Å². The molecule has 17 heavy (non-hydrogen) atoms. The molecule has 0 atom stereocenters. The normalized spacial score (nSPS) is 13.7. The molecule has 1 N–H and O–H groups in total. The van der Waals surface area contributed by atoms with Gasteiger partial charge in [-0.15, -0.1) is 0 Å². The molecule has 0 unspecified atom stereocenters. The molecule has 1 amide bonds. The lowest BCUT2D eigenvalue weighted by molar-refractivity contribution is -0.119. The zero-order valence-corrected chi connectivity index (χ0v) is 10.1. The zero-order valence-electron chi connectivity index (χ0n) is 10.1. The molecule has 0 spiro atoms. The molecule has 0 fully saturated rings. The quantitative estimate of drug-likeness (QED) is 0.844. The Kier molecular flexibility index (Phi) is 3.24. The van der Waals surface area contributed by atoms with Crippen molar-refractivity contribution in [3.63, 3.8) is 0 Å². The van der Waals surface area contributed by atoms with Crippen molar-refractivity contribution in [2.45, 2.75) is 20.3 Å². The van der Waals surface area contributed by atoms with Gasteiger partial charge in [-0.05, 0) is 37.1 Å². The molecular weight excluding hydrogens is 216 g/mol. The number of aliphatic imine (C=N–C) groups is 1. The number of hydrogen-bond acceptors (Lipinski definition) is 3. The van der Waals surface area contributed by atoms with Gasteiger partial charge < -0.3 is 10.0 Å². The fraction of sp³-hybridized carbons (Fsp3) is 0.385. The summed E-state index contributed by atoms with van der Waals surface area (Å²) in [5.74, 6) is -0.0665. The number of anilines is 1. The van der Waals surface area contributed by atoms with Crippen molar-refractivity contribution in [2.24, 2.45) is 4.99 Å². The fourth-order valence-electron chi connectivity index (χ4n) is 1.89. The van der Waals surface area contributed by atoms with Crippen LogP contribution in [0.1, 0.15) is 17.5 Å². The van der Waals surface area contributed by atoms with Gasteiger partial charge >= 0.3 is 0 Å². The number of nitrogens with zero attached hydrogens (tertiary/aromatic N) is 2. The molecule has 0 saturated carbocycles. The van der Waals surface area contributed by atoms with Crippen molar-refractivity contribution in [3.8, 4) is 0 Å². The van der Waals surface area contributed by atoms with Crippen molar-refractivity contribution < 1.29 is 9.90 Å². The molecule has 0 aromatic heterocycles. The number of aryl methyl sites for hydroxylation is 2.